The molecule has 4 rings (SSSR count). The second-order valence-electron chi connectivity index (χ2n) is 7.68. The number of fused-ring (bicyclic) bond motifs is 1. The van der Waals surface area contributed by atoms with Crippen molar-refractivity contribution in [1.29, 1.82) is 0 Å². The van der Waals surface area contributed by atoms with Crippen LogP contribution >= 0.6 is 0 Å². The third-order valence-electron chi connectivity index (χ3n) is 5.32. The average Bonchev–Trinajstić information content (AvgIpc) is 2.72. The Bertz CT molecular complexity index is 1070. The van der Waals surface area contributed by atoms with E-state index in [2.05, 4.69) is 25.3 Å². The number of hydrogen-bond donors (Lipinski definition) is 1. The lowest BCUT2D eigenvalue weighted by molar-refractivity contribution is 0.451. The highest BCUT2D eigenvalue weighted by Crippen LogP contribution is 2.25. The first-order valence-corrected chi connectivity index (χ1v) is 10.0. The zero-order chi connectivity index (χ0) is 20.4. The summed E-state index contributed by atoms with van der Waals surface area (Å²) in [5.41, 5.74) is 0.611. The summed E-state index contributed by atoms with van der Waals surface area (Å²) in [5, 5.41) is 8.63. The first-order valence-electron chi connectivity index (χ1n) is 10.0. The molecule has 1 fully saturated rings. The van der Waals surface area contributed by atoms with Gasteiger partial charge < -0.3 is 10.2 Å². The van der Waals surface area contributed by atoms with Gasteiger partial charge in [0.15, 0.2) is 0 Å². The monoisotopic (exact) mass is 396 g/mol. The molecule has 1 unspecified atom stereocenters. The third-order valence-corrected chi connectivity index (χ3v) is 5.32. The number of anilines is 2. The number of piperidine rings is 1. The molecular weight excluding hydrogens is 371 g/mol. The second-order valence-corrected chi connectivity index (χ2v) is 7.68. The minimum atomic E-state index is -0.310. The molecule has 3 aromatic rings. The van der Waals surface area contributed by atoms with Crippen LogP contribution in [-0.2, 0) is 0 Å². The van der Waals surface area contributed by atoms with Gasteiger partial charge in [0.05, 0.1) is 11.6 Å². The number of benzene rings is 1. The van der Waals surface area contributed by atoms with Crippen LogP contribution in [0.4, 0.5) is 16.0 Å². The maximum atomic E-state index is 13.7. The normalized spacial score (nSPS) is 17.1. The average molecular weight is 396 g/mol. The van der Waals surface area contributed by atoms with Gasteiger partial charge in [-0.15, -0.1) is 0 Å². The van der Waals surface area contributed by atoms with Gasteiger partial charge in [0.25, 0.3) is 5.56 Å². The first kappa shape index (κ1) is 19.3. The van der Waals surface area contributed by atoms with Crippen LogP contribution in [0.1, 0.15) is 39.2 Å². The number of nitrogens with zero attached hydrogens (tertiary/aromatic N) is 5. The smallest absolute Gasteiger partial charge is 0.267 e. The Kier molecular flexibility index (Phi) is 5.42. The molecule has 0 aliphatic carbocycles. The number of rotatable bonds is 5. The molecule has 0 amide bonds. The van der Waals surface area contributed by atoms with Crippen LogP contribution in [0, 0.1) is 5.82 Å². The molecule has 1 aliphatic heterocycles. The standard InChI is InChI=1S/C21H25FN6O/c1-14(2)28-20(29)9-8-19(26-28)27-10-4-3-5-16(27)12-23-21-17-11-15(22)6-7-18(17)24-13-25-21/h6-9,11,13-14,16H,3-5,10,12H2,1-2H3,(H,23,24,25). The van der Waals surface area contributed by atoms with Gasteiger partial charge >= 0.3 is 0 Å². The number of hydrogen-bond acceptors (Lipinski definition) is 6. The Morgan fingerprint density at radius 2 is 2.07 bits per heavy atom. The minimum Gasteiger partial charge on any atom is -0.367 e. The summed E-state index contributed by atoms with van der Waals surface area (Å²) in [6.45, 7) is 5.43. The molecule has 3 heterocycles. The molecule has 1 atom stereocenters. The van der Waals surface area contributed by atoms with Crippen LogP contribution in [-0.4, -0.2) is 38.9 Å². The van der Waals surface area contributed by atoms with Crippen molar-refractivity contribution in [2.24, 2.45) is 0 Å². The summed E-state index contributed by atoms with van der Waals surface area (Å²) in [6.07, 6.45) is 4.71. The van der Waals surface area contributed by atoms with Crippen LogP contribution in [0.2, 0.25) is 0 Å². The van der Waals surface area contributed by atoms with E-state index in [1.54, 1.807) is 18.2 Å². The molecule has 152 valence electrons. The van der Waals surface area contributed by atoms with E-state index in [4.69, 9.17) is 0 Å². The minimum absolute atomic E-state index is 0.00564. The third kappa shape index (κ3) is 4.06. The lowest BCUT2D eigenvalue weighted by Crippen LogP contribution is -2.45. The van der Waals surface area contributed by atoms with E-state index in [9.17, 15) is 9.18 Å². The van der Waals surface area contributed by atoms with Gasteiger partial charge in [-0.05, 0) is 57.4 Å². The molecule has 2 aromatic heterocycles. The zero-order valence-electron chi connectivity index (χ0n) is 16.7. The largest absolute Gasteiger partial charge is 0.367 e. The molecule has 0 bridgehead atoms. The zero-order valence-corrected chi connectivity index (χ0v) is 16.7. The lowest BCUT2D eigenvalue weighted by atomic mass is 10.0. The fraction of sp³-hybridized carbons (Fsp3) is 0.429. The lowest BCUT2D eigenvalue weighted by Gasteiger charge is -2.37. The van der Waals surface area contributed by atoms with E-state index in [0.29, 0.717) is 23.3 Å². The van der Waals surface area contributed by atoms with E-state index in [0.717, 1.165) is 31.6 Å². The highest BCUT2D eigenvalue weighted by Gasteiger charge is 2.24. The molecule has 1 N–H and O–H groups in total. The van der Waals surface area contributed by atoms with Gasteiger partial charge in [-0.3, -0.25) is 4.79 Å². The maximum Gasteiger partial charge on any atom is 0.267 e. The molecule has 29 heavy (non-hydrogen) atoms. The van der Waals surface area contributed by atoms with Crippen molar-refractivity contribution in [1.82, 2.24) is 19.7 Å². The van der Waals surface area contributed by atoms with Crippen molar-refractivity contribution < 1.29 is 4.39 Å². The van der Waals surface area contributed by atoms with Gasteiger partial charge in [-0.2, -0.15) is 5.10 Å². The fourth-order valence-corrected chi connectivity index (χ4v) is 3.84. The Hall–Kier alpha value is -3.03. The maximum absolute atomic E-state index is 13.7. The summed E-state index contributed by atoms with van der Waals surface area (Å²) in [5.74, 6) is 1.12. The van der Waals surface area contributed by atoms with Crippen molar-refractivity contribution >= 4 is 22.5 Å². The molecule has 1 aromatic carbocycles. The fourth-order valence-electron chi connectivity index (χ4n) is 3.84. The van der Waals surface area contributed by atoms with Gasteiger partial charge in [-0.25, -0.2) is 19.0 Å². The molecule has 1 saturated heterocycles. The van der Waals surface area contributed by atoms with Crippen molar-refractivity contribution in [3.05, 3.63) is 52.8 Å². The summed E-state index contributed by atoms with van der Waals surface area (Å²) in [6, 6.07) is 8.10. The van der Waals surface area contributed by atoms with Crippen LogP contribution < -0.4 is 15.8 Å². The van der Waals surface area contributed by atoms with E-state index in [1.165, 1.54) is 23.1 Å². The Morgan fingerprint density at radius 3 is 2.90 bits per heavy atom. The van der Waals surface area contributed by atoms with Crippen LogP contribution in [0.25, 0.3) is 10.9 Å². The molecule has 7 nitrogen and oxygen atoms in total. The van der Waals surface area contributed by atoms with Crippen molar-refractivity contribution in [3.8, 4) is 0 Å². The Morgan fingerprint density at radius 1 is 1.21 bits per heavy atom. The Labute approximate surface area is 168 Å². The summed E-state index contributed by atoms with van der Waals surface area (Å²) >= 11 is 0. The van der Waals surface area contributed by atoms with E-state index < -0.39 is 0 Å². The van der Waals surface area contributed by atoms with Crippen LogP contribution in [0.15, 0.2) is 41.5 Å². The van der Waals surface area contributed by atoms with Crippen molar-refractivity contribution in [2.75, 3.05) is 23.3 Å². The quantitative estimate of drug-likeness (QED) is 0.713. The van der Waals surface area contributed by atoms with Gasteiger partial charge in [-0.1, -0.05) is 0 Å². The molecule has 0 radical (unpaired) electrons. The van der Waals surface area contributed by atoms with Crippen molar-refractivity contribution in [3.63, 3.8) is 0 Å². The van der Waals surface area contributed by atoms with Gasteiger partial charge in [0.1, 0.15) is 23.8 Å². The Balaban J connectivity index is 1.57. The summed E-state index contributed by atoms with van der Waals surface area (Å²) in [4.78, 5) is 22.8. The highest BCUT2D eigenvalue weighted by atomic mass is 19.1. The number of halogens is 1. The van der Waals surface area contributed by atoms with E-state index in [1.807, 2.05) is 13.8 Å². The van der Waals surface area contributed by atoms with E-state index in [-0.39, 0.29) is 23.5 Å². The van der Waals surface area contributed by atoms with Crippen molar-refractivity contribution in [2.45, 2.75) is 45.2 Å². The van der Waals surface area contributed by atoms with Gasteiger partial charge in [0.2, 0.25) is 0 Å². The first-order chi connectivity index (χ1) is 14.0. The molecule has 1 aliphatic rings. The summed E-state index contributed by atoms with van der Waals surface area (Å²) < 4.78 is 15.2. The van der Waals surface area contributed by atoms with Crippen LogP contribution in [0.5, 0.6) is 0 Å². The SMILES string of the molecule is CC(C)n1nc(N2CCCCC2CNc2ncnc3ccc(F)cc23)ccc1=O. The van der Waals surface area contributed by atoms with E-state index >= 15 is 0 Å². The topological polar surface area (TPSA) is 75.9 Å². The highest BCUT2D eigenvalue weighted by molar-refractivity contribution is 5.88. The number of nitrogens with one attached hydrogen (secondary N) is 1. The predicted molar refractivity (Wildman–Crippen MR) is 112 cm³/mol. The molecular formula is C21H25FN6O. The van der Waals surface area contributed by atoms with Gasteiger partial charge in [0, 0.05) is 30.6 Å². The predicted octanol–water partition coefficient (Wildman–Crippen LogP) is 3.38. The summed E-state index contributed by atoms with van der Waals surface area (Å²) in [7, 11) is 0. The second kappa shape index (κ2) is 8.14. The molecule has 8 heteroatoms. The number of aromatic nitrogens is 4. The van der Waals surface area contributed by atoms with Crippen LogP contribution in [0.3, 0.4) is 0 Å². The molecule has 0 spiro atoms. The molecule has 0 saturated carbocycles.